The molecule has 7 heteroatoms. The average Bonchev–Trinajstić information content (AvgIpc) is 2.43. The Labute approximate surface area is 127 Å². The van der Waals surface area contributed by atoms with Gasteiger partial charge in [0.05, 0.1) is 6.61 Å². The van der Waals surface area contributed by atoms with E-state index in [1.165, 1.54) is 0 Å². The number of aromatic nitrogens is 3. The third-order valence-corrected chi connectivity index (χ3v) is 3.13. The van der Waals surface area contributed by atoms with Crippen LogP contribution in [0, 0.1) is 0 Å². The molecule has 1 N–H and O–H groups in total. The molecule has 7 nitrogen and oxygen atoms in total. The smallest absolute Gasteiger partial charge is 0.324 e. The highest BCUT2D eigenvalue weighted by molar-refractivity contribution is 5.27. The first-order chi connectivity index (χ1) is 9.89. The van der Waals surface area contributed by atoms with Gasteiger partial charge in [0.15, 0.2) is 0 Å². The minimum absolute atomic E-state index is 0.116. The van der Waals surface area contributed by atoms with Crippen LogP contribution in [0.4, 0.5) is 5.95 Å². The summed E-state index contributed by atoms with van der Waals surface area (Å²) < 4.78 is 11.2. The maximum atomic E-state index is 5.72. The Morgan fingerprint density at radius 1 is 1.05 bits per heavy atom. The SMILES string of the molecule is CCCOc1nc(NCC)nc(OCC(C)(C)N(C)C)n1. The summed E-state index contributed by atoms with van der Waals surface area (Å²) in [6, 6.07) is 0.572. The van der Waals surface area contributed by atoms with Crippen molar-refractivity contribution in [1.82, 2.24) is 19.9 Å². The summed E-state index contributed by atoms with van der Waals surface area (Å²) in [5.41, 5.74) is -0.116. The molecule has 0 saturated heterocycles. The van der Waals surface area contributed by atoms with Crippen molar-refractivity contribution in [3.05, 3.63) is 0 Å². The highest BCUT2D eigenvalue weighted by atomic mass is 16.5. The molecule has 0 aliphatic carbocycles. The van der Waals surface area contributed by atoms with Crippen molar-refractivity contribution in [3.8, 4) is 12.0 Å². The number of likely N-dealkylation sites (N-methyl/N-ethyl adjacent to an activating group) is 1. The van der Waals surface area contributed by atoms with Gasteiger partial charge in [-0.2, -0.15) is 9.97 Å². The van der Waals surface area contributed by atoms with Gasteiger partial charge in [-0.1, -0.05) is 6.92 Å². The van der Waals surface area contributed by atoms with Gasteiger partial charge in [-0.15, -0.1) is 4.98 Å². The normalized spacial score (nSPS) is 11.6. The van der Waals surface area contributed by atoms with E-state index in [9.17, 15) is 0 Å². The molecule has 21 heavy (non-hydrogen) atoms. The molecule has 0 bridgehead atoms. The molecule has 0 aliphatic rings. The van der Waals surface area contributed by atoms with Crippen molar-refractivity contribution < 1.29 is 9.47 Å². The summed E-state index contributed by atoms with van der Waals surface area (Å²) in [4.78, 5) is 14.7. The minimum Gasteiger partial charge on any atom is -0.463 e. The standard InChI is InChI=1S/C14H27N5O2/c1-7-9-20-12-16-11(15-8-2)17-13(18-12)21-10-14(3,4)19(5)6/h7-10H2,1-6H3,(H,15,16,17,18). The summed E-state index contributed by atoms with van der Waals surface area (Å²) in [6.07, 6.45) is 0.895. The quantitative estimate of drug-likeness (QED) is 0.745. The molecule has 0 saturated carbocycles. The van der Waals surface area contributed by atoms with Crippen LogP contribution in [0.3, 0.4) is 0 Å². The summed E-state index contributed by atoms with van der Waals surface area (Å²) in [6.45, 7) is 9.96. The van der Waals surface area contributed by atoms with Gasteiger partial charge in [-0.25, -0.2) is 0 Å². The Hall–Kier alpha value is -1.63. The first kappa shape index (κ1) is 17.4. The van der Waals surface area contributed by atoms with Crippen LogP contribution in [0.2, 0.25) is 0 Å². The highest BCUT2D eigenvalue weighted by Gasteiger charge is 2.22. The van der Waals surface area contributed by atoms with Crippen molar-refractivity contribution in [2.45, 2.75) is 39.7 Å². The summed E-state index contributed by atoms with van der Waals surface area (Å²) >= 11 is 0. The molecular weight excluding hydrogens is 270 g/mol. The van der Waals surface area contributed by atoms with E-state index in [1.54, 1.807) is 0 Å². The van der Waals surface area contributed by atoms with Gasteiger partial charge >= 0.3 is 12.0 Å². The average molecular weight is 297 g/mol. The van der Waals surface area contributed by atoms with Crippen LogP contribution < -0.4 is 14.8 Å². The second-order valence-electron chi connectivity index (χ2n) is 5.60. The van der Waals surface area contributed by atoms with Gasteiger partial charge < -0.3 is 19.7 Å². The van der Waals surface area contributed by atoms with Gasteiger partial charge in [0.2, 0.25) is 5.95 Å². The van der Waals surface area contributed by atoms with Crippen LogP contribution in [0.15, 0.2) is 0 Å². The maximum Gasteiger partial charge on any atom is 0.324 e. The molecule has 0 aliphatic heterocycles. The number of nitrogens with zero attached hydrogens (tertiary/aromatic N) is 4. The Morgan fingerprint density at radius 2 is 1.67 bits per heavy atom. The van der Waals surface area contributed by atoms with E-state index >= 15 is 0 Å². The van der Waals surface area contributed by atoms with Crippen LogP contribution in [-0.4, -0.2) is 59.2 Å². The van der Waals surface area contributed by atoms with Gasteiger partial charge in [-0.05, 0) is 41.3 Å². The number of ether oxygens (including phenoxy) is 2. The lowest BCUT2D eigenvalue weighted by molar-refractivity contribution is 0.106. The molecule has 1 aromatic rings. The van der Waals surface area contributed by atoms with E-state index in [-0.39, 0.29) is 11.5 Å². The van der Waals surface area contributed by atoms with Crippen LogP contribution in [0.25, 0.3) is 0 Å². The molecule has 0 amide bonds. The fourth-order valence-corrected chi connectivity index (χ4v) is 1.27. The van der Waals surface area contributed by atoms with Gasteiger partial charge in [-0.3, -0.25) is 0 Å². The van der Waals surface area contributed by atoms with Gasteiger partial charge in [0, 0.05) is 12.1 Å². The second-order valence-corrected chi connectivity index (χ2v) is 5.60. The lowest BCUT2D eigenvalue weighted by atomic mass is 10.1. The van der Waals surface area contributed by atoms with E-state index in [0.29, 0.717) is 25.2 Å². The van der Waals surface area contributed by atoms with Crippen molar-refractivity contribution in [1.29, 1.82) is 0 Å². The molecule has 0 fully saturated rings. The zero-order valence-electron chi connectivity index (χ0n) is 13.9. The van der Waals surface area contributed by atoms with Crippen LogP contribution in [-0.2, 0) is 0 Å². The molecule has 0 aromatic carbocycles. The van der Waals surface area contributed by atoms with Crippen LogP contribution in [0.5, 0.6) is 12.0 Å². The fourth-order valence-electron chi connectivity index (χ4n) is 1.27. The molecule has 0 unspecified atom stereocenters. The molecule has 1 aromatic heterocycles. The largest absolute Gasteiger partial charge is 0.463 e. The molecular formula is C14H27N5O2. The predicted molar refractivity (Wildman–Crippen MR) is 83.0 cm³/mol. The Bertz CT molecular complexity index is 437. The molecule has 0 radical (unpaired) electrons. The van der Waals surface area contributed by atoms with Crippen molar-refractivity contribution in [3.63, 3.8) is 0 Å². The first-order valence-electron chi connectivity index (χ1n) is 7.32. The van der Waals surface area contributed by atoms with Crippen molar-refractivity contribution >= 4 is 5.95 Å². The topological polar surface area (TPSA) is 72.4 Å². The van der Waals surface area contributed by atoms with E-state index < -0.39 is 0 Å². The zero-order valence-corrected chi connectivity index (χ0v) is 13.9. The monoisotopic (exact) mass is 297 g/mol. The number of hydrogen-bond acceptors (Lipinski definition) is 7. The van der Waals surface area contributed by atoms with E-state index in [1.807, 2.05) is 27.9 Å². The van der Waals surface area contributed by atoms with Gasteiger partial charge in [0.25, 0.3) is 0 Å². The summed E-state index contributed by atoms with van der Waals surface area (Å²) in [5, 5.41) is 3.05. The molecule has 0 spiro atoms. The Kier molecular flexibility index (Phi) is 6.61. The Balaban J connectivity index is 2.82. The maximum absolute atomic E-state index is 5.72. The molecule has 0 atom stereocenters. The van der Waals surface area contributed by atoms with Crippen molar-refractivity contribution in [2.24, 2.45) is 0 Å². The molecule has 120 valence electrons. The first-order valence-corrected chi connectivity index (χ1v) is 7.32. The number of hydrogen-bond donors (Lipinski definition) is 1. The highest BCUT2D eigenvalue weighted by Crippen LogP contribution is 2.16. The fraction of sp³-hybridized carbons (Fsp3) is 0.786. The number of nitrogens with one attached hydrogen (secondary N) is 1. The summed E-state index contributed by atoms with van der Waals surface area (Å²) in [5.74, 6) is 0.469. The number of rotatable bonds is 9. The number of anilines is 1. The van der Waals surface area contributed by atoms with Crippen LogP contribution in [0.1, 0.15) is 34.1 Å². The Morgan fingerprint density at radius 3 is 2.19 bits per heavy atom. The third kappa shape index (κ3) is 5.71. The third-order valence-electron chi connectivity index (χ3n) is 3.13. The lowest BCUT2D eigenvalue weighted by Gasteiger charge is -2.31. The van der Waals surface area contributed by atoms with E-state index in [4.69, 9.17) is 9.47 Å². The second kappa shape index (κ2) is 7.97. The minimum atomic E-state index is -0.116. The zero-order chi connectivity index (χ0) is 15.9. The lowest BCUT2D eigenvalue weighted by Crippen LogP contribution is -2.43. The van der Waals surface area contributed by atoms with Crippen molar-refractivity contribution in [2.75, 3.05) is 39.2 Å². The molecule has 1 rings (SSSR count). The van der Waals surface area contributed by atoms with Crippen LogP contribution >= 0.6 is 0 Å². The molecule has 1 heterocycles. The van der Waals surface area contributed by atoms with Gasteiger partial charge in [0.1, 0.15) is 6.61 Å². The predicted octanol–water partition coefficient (Wildman–Crippen LogP) is 1.81. The van der Waals surface area contributed by atoms with E-state index in [2.05, 4.69) is 39.0 Å². The summed E-state index contributed by atoms with van der Waals surface area (Å²) in [7, 11) is 4.02. The van der Waals surface area contributed by atoms with E-state index in [0.717, 1.165) is 13.0 Å².